The SMILES string of the molecule is C(=Nc1cc2c(cc1CCc1ccccc1)CC(c1ccccc1)N2)c1ccccc1. The fourth-order valence-electron chi connectivity index (χ4n) is 4.26. The van der Waals surface area contributed by atoms with Gasteiger partial charge in [0.05, 0.1) is 11.7 Å². The van der Waals surface area contributed by atoms with Gasteiger partial charge in [0.1, 0.15) is 0 Å². The molecule has 0 radical (unpaired) electrons. The summed E-state index contributed by atoms with van der Waals surface area (Å²) < 4.78 is 0. The first-order valence-corrected chi connectivity index (χ1v) is 11.0. The van der Waals surface area contributed by atoms with Crippen molar-refractivity contribution in [3.8, 4) is 0 Å². The summed E-state index contributed by atoms with van der Waals surface area (Å²) >= 11 is 0. The molecule has 0 amide bonds. The van der Waals surface area contributed by atoms with Crippen molar-refractivity contribution in [2.24, 2.45) is 4.99 Å². The van der Waals surface area contributed by atoms with Crippen LogP contribution in [0.2, 0.25) is 0 Å². The van der Waals surface area contributed by atoms with Gasteiger partial charge in [-0.25, -0.2) is 0 Å². The molecule has 5 rings (SSSR count). The molecule has 1 unspecified atom stereocenters. The molecule has 0 bridgehead atoms. The van der Waals surface area contributed by atoms with E-state index in [9.17, 15) is 0 Å². The van der Waals surface area contributed by atoms with Gasteiger partial charge in [-0.1, -0.05) is 97.1 Å². The number of nitrogens with one attached hydrogen (secondary N) is 1. The lowest BCUT2D eigenvalue weighted by molar-refractivity contribution is 0.823. The Morgan fingerprint density at radius 2 is 1.45 bits per heavy atom. The average Bonchev–Trinajstić information content (AvgIpc) is 3.26. The Morgan fingerprint density at radius 1 is 0.774 bits per heavy atom. The van der Waals surface area contributed by atoms with Crippen LogP contribution in [0.15, 0.2) is 108 Å². The first kappa shape index (κ1) is 19.3. The highest BCUT2D eigenvalue weighted by molar-refractivity contribution is 5.83. The van der Waals surface area contributed by atoms with Gasteiger partial charge in [0.25, 0.3) is 0 Å². The molecule has 152 valence electrons. The summed E-state index contributed by atoms with van der Waals surface area (Å²) in [5.74, 6) is 0. The Balaban J connectivity index is 1.44. The molecule has 4 aromatic rings. The Labute approximate surface area is 184 Å². The van der Waals surface area contributed by atoms with E-state index in [1.165, 1.54) is 27.9 Å². The maximum atomic E-state index is 4.90. The smallest absolute Gasteiger partial charge is 0.0682 e. The molecule has 1 aliphatic rings. The number of fused-ring (bicyclic) bond motifs is 1. The zero-order valence-electron chi connectivity index (χ0n) is 17.5. The zero-order chi connectivity index (χ0) is 20.9. The average molecular weight is 403 g/mol. The van der Waals surface area contributed by atoms with E-state index < -0.39 is 0 Å². The lowest BCUT2D eigenvalue weighted by atomic mass is 9.98. The van der Waals surface area contributed by atoms with Crippen LogP contribution in [0.1, 0.15) is 33.9 Å². The molecule has 4 aromatic carbocycles. The summed E-state index contributed by atoms with van der Waals surface area (Å²) in [6.45, 7) is 0. The van der Waals surface area contributed by atoms with Crippen molar-refractivity contribution in [1.29, 1.82) is 0 Å². The molecule has 0 saturated heterocycles. The normalized spacial score (nSPS) is 15.0. The predicted molar refractivity (Wildman–Crippen MR) is 130 cm³/mol. The van der Waals surface area contributed by atoms with Crippen LogP contribution in [-0.4, -0.2) is 6.21 Å². The third kappa shape index (κ3) is 4.59. The second kappa shape index (κ2) is 9.01. The first-order chi connectivity index (χ1) is 15.3. The van der Waals surface area contributed by atoms with E-state index in [1.807, 2.05) is 24.4 Å². The van der Waals surface area contributed by atoms with Crippen molar-refractivity contribution in [1.82, 2.24) is 0 Å². The van der Waals surface area contributed by atoms with Crippen LogP contribution in [-0.2, 0) is 19.3 Å². The molecule has 0 aliphatic carbocycles. The quantitative estimate of drug-likeness (QED) is 0.347. The Hall–Kier alpha value is -3.65. The predicted octanol–water partition coefficient (Wildman–Crippen LogP) is 6.93. The topological polar surface area (TPSA) is 24.4 Å². The molecule has 1 N–H and O–H groups in total. The lowest BCUT2D eigenvalue weighted by Crippen LogP contribution is -2.04. The number of rotatable bonds is 6. The lowest BCUT2D eigenvalue weighted by Gasteiger charge is -2.11. The van der Waals surface area contributed by atoms with E-state index in [-0.39, 0.29) is 0 Å². The monoisotopic (exact) mass is 402 g/mol. The van der Waals surface area contributed by atoms with Crippen LogP contribution < -0.4 is 5.32 Å². The fraction of sp³-hybridized carbons (Fsp3) is 0.138. The van der Waals surface area contributed by atoms with Crippen LogP contribution in [0.3, 0.4) is 0 Å². The number of hydrogen-bond acceptors (Lipinski definition) is 2. The Bertz CT molecular complexity index is 1170. The van der Waals surface area contributed by atoms with Crippen LogP contribution in [0.5, 0.6) is 0 Å². The number of aliphatic imine (C=N–C) groups is 1. The summed E-state index contributed by atoms with van der Waals surface area (Å²) in [5, 5.41) is 3.72. The largest absolute Gasteiger partial charge is 0.378 e. The molecular formula is C29H26N2. The maximum Gasteiger partial charge on any atom is 0.0682 e. The van der Waals surface area contributed by atoms with Gasteiger partial charge in [-0.05, 0) is 53.1 Å². The molecule has 0 spiro atoms. The van der Waals surface area contributed by atoms with E-state index in [0.29, 0.717) is 6.04 Å². The molecular weight excluding hydrogens is 376 g/mol. The van der Waals surface area contributed by atoms with Gasteiger partial charge < -0.3 is 5.32 Å². The van der Waals surface area contributed by atoms with Gasteiger partial charge in [-0.2, -0.15) is 0 Å². The van der Waals surface area contributed by atoms with Gasteiger partial charge >= 0.3 is 0 Å². The minimum atomic E-state index is 0.325. The maximum absolute atomic E-state index is 4.90. The molecule has 1 atom stereocenters. The minimum Gasteiger partial charge on any atom is -0.378 e. The summed E-state index contributed by atoms with van der Waals surface area (Å²) in [6.07, 6.45) is 4.98. The molecule has 1 heterocycles. The van der Waals surface area contributed by atoms with E-state index in [2.05, 4.69) is 90.2 Å². The molecule has 0 fully saturated rings. The standard InChI is InChI=1S/C29H26N2/c1-4-10-22(11-5-1)16-17-25-18-26-19-28(24-14-8-3-9-15-24)31-29(26)20-27(25)30-21-23-12-6-2-7-13-23/h1-15,18,20-21,28,31H,16-17,19H2. The van der Waals surface area contributed by atoms with Gasteiger partial charge in [0.15, 0.2) is 0 Å². The first-order valence-electron chi connectivity index (χ1n) is 11.0. The van der Waals surface area contributed by atoms with Crippen LogP contribution in [0.25, 0.3) is 0 Å². The second-order valence-corrected chi connectivity index (χ2v) is 8.10. The van der Waals surface area contributed by atoms with E-state index in [1.54, 1.807) is 0 Å². The van der Waals surface area contributed by atoms with Crippen LogP contribution in [0.4, 0.5) is 11.4 Å². The number of nitrogens with zero attached hydrogens (tertiary/aromatic N) is 1. The van der Waals surface area contributed by atoms with E-state index in [4.69, 9.17) is 4.99 Å². The highest BCUT2D eigenvalue weighted by atomic mass is 15.0. The molecule has 31 heavy (non-hydrogen) atoms. The van der Waals surface area contributed by atoms with Gasteiger partial charge in [-0.15, -0.1) is 0 Å². The molecule has 0 saturated carbocycles. The number of anilines is 1. The summed E-state index contributed by atoms with van der Waals surface area (Å²) in [6, 6.07) is 36.6. The second-order valence-electron chi connectivity index (χ2n) is 8.10. The van der Waals surface area contributed by atoms with Gasteiger partial charge in [-0.3, -0.25) is 4.99 Å². The van der Waals surface area contributed by atoms with Crippen molar-refractivity contribution < 1.29 is 0 Å². The van der Waals surface area contributed by atoms with Crippen molar-refractivity contribution in [3.05, 3.63) is 131 Å². The number of hydrogen-bond donors (Lipinski definition) is 1. The Morgan fingerprint density at radius 3 is 2.19 bits per heavy atom. The van der Waals surface area contributed by atoms with Crippen LogP contribution >= 0.6 is 0 Å². The van der Waals surface area contributed by atoms with E-state index >= 15 is 0 Å². The van der Waals surface area contributed by atoms with Crippen molar-refractivity contribution >= 4 is 17.6 Å². The van der Waals surface area contributed by atoms with Gasteiger partial charge in [0.2, 0.25) is 0 Å². The molecule has 2 heteroatoms. The van der Waals surface area contributed by atoms with Crippen molar-refractivity contribution in [2.75, 3.05) is 5.32 Å². The third-order valence-electron chi connectivity index (χ3n) is 5.94. The molecule has 0 aromatic heterocycles. The minimum absolute atomic E-state index is 0.325. The number of aryl methyl sites for hydroxylation is 2. The highest BCUT2D eigenvalue weighted by Crippen LogP contribution is 2.38. The van der Waals surface area contributed by atoms with E-state index in [0.717, 1.165) is 30.5 Å². The molecule has 1 aliphatic heterocycles. The Kier molecular flexibility index (Phi) is 5.62. The zero-order valence-corrected chi connectivity index (χ0v) is 17.5. The van der Waals surface area contributed by atoms with Gasteiger partial charge in [0, 0.05) is 11.9 Å². The summed E-state index contributed by atoms with van der Waals surface area (Å²) in [4.78, 5) is 4.90. The summed E-state index contributed by atoms with van der Waals surface area (Å²) in [5.41, 5.74) is 8.77. The van der Waals surface area contributed by atoms with Crippen molar-refractivity contribution in [3.63, 3.8) is 0 Å². The summed E-state index contributed by atoms with van der Waals surface area (Å²) in [7, 11) is 0. The molecule has 2 nitrogen and oxygen atoms in total. The van der Waals surface area contributed by atoms with Crippen LogP contribution in [0, 0.1) is 0 Å². The highest BCUT2D eigenvalue weighted by Gasteiger charge is 2.23. The third-order valence-corrected chi connectivity index (χ3v) is 5.94. The van der Waals surface area contributed by atoms with Crippen molar-refractivity contribution in [2.45, 2.75) is 25.3 Å². The fourth-order valence-corrected chi connectivity index (χ4v) is 4.26. The number of benzene rings is 4.